The van der Waals surface area contributed by atoms with Crippen LogP contribution >= 0.6 is 0 Å². The van der Waals surface area contributed by atoms with Crippen LogP contribution in [0.5, 0.6) is 0 Å². The van der Waals surface area contributed by atoms with Gasteiger partial charge in [-0.05, 0) is 24.9 Å². The topological polar surface area (TPSA) is 76.7 Å². The number of hydrogen-bond acceptors (Lipinski definition) is 6. The maximum absolute atomic E-state index is 5.30. The first-order valence-corrected chi connectivity index (χ1v) is 6.95. The summed E-state index contributed by atoms with van der Waals surface area (Å²) in [5.74, 6) is 2.05. The second kappa shape index (κ2) is 6.56. The van der Waals surface area contributed by atoms with Gasteiger partial charge in [0.2, 0.25) is 17.5 Å². The lowest BCUT2D eigenvalue weighted by atomic mass is 10.0. The second-order valence-electron chi connectivity index (χ2n) is 5.21. The van der Waals surface area contributed by atoms with E-state index in [1.165, 1.54) is 0 Å². The molecule has 6 heteroatoms. The molecule has 0 amide bonds. The number of likely N-dealkylation sites (N-methyl/N-ethyl adjacent to an activating group) is 1. The molecule has 2 aromatic rings. The van der Waals surface area contributed by atoms with Crippen LogP contribution in [0.3, 0.4) is 0 Å². The van der Waals surface area contributed by atoms with Gasteiger partial charge in [0.25, 0.3) is 0 Å². The first-order chi connectivity index (χ1) is 9.60. The Labute approximate surface area is 119 Å². The normalized spacial score (nSPS) is 12.8. The van der Waals surface area contributed by atoms with E-state index in [2.05, 4.69) is 46.2 Å². The molecule has 2 aromatic heterocycles. The molecule has 2 heterocycles. The quantitative estimate of drug-likeness (QED) is 0.869. The molecule has 0 saturated heterocycles. The average molecular weight is 275 g/mol. The van der Waals surface area contributed by atoms with E-state index < -0.39 is 0 Å². The van der Waals surface area contributed by atoms with Crippen molar-refractivity contribution in [1.82, 2.24) is 25.4 Å². The number of nitrogens with zero attached hydrogens (tertiary/aromatic N) is 4. The van der Waals surface area contributed by atoms with Crippen LogP contribution in [0.25, 0.3) is 11.6 Å². The molecule has 6 nitrogen and oxygen atoms in total. The summed E-state index contributed by atoms with van der Waals surface area (Å²) in [7, 11) is 0. The predicted octanol–water partition coefficient (Wildman–Crippen LogP) is 2.01. The van der Waals surface area contributed by atoms with E-state index >= 15 is 0 Å². The zero-order chi connectivity index (χ0) is 14.5. The molecule has 0 aliphatic heterocycles. The van der Waals surface area contributed by atoms with Crippen LogP contribution in [-0.2, 0) is 6.42 Å². The predicted molar refractivity (Wildman–Crippen MR) is 76.1 cm³/mol. The number of nitrogens with one attached hydrogen (secondary N) is 1. The second-order valence-corrected chi connectivity index (χ2v) is 5.21. The summed E-state index contributed by atoms with van der Waals surface area (Å²) in [4.78, 5) is 12.8. The zero-order valence-corrected chi connectivity index (χ0v) is 12.4. The van der Waals surface area contributed by atoms with Gasteiger partial charge in [0.1, 0.15) is 0 Å². The summed E-state index contributed by atoms with van der Waals surface area (Å²) in [6.07, 6.45) is 4.20. The van der Waals surface area contributed by atoms with Gasteiger partial charge in [-0.3, -0.25) is 0 Å². The van der Waals surface area contributed by atoms with E-state index in [0.717, 1.165) is 12.1 Å². The Morgan fingerprint density at radius 2 is 1.90 bits per heavy atom. The molecule has 1 atom stereocenters. The molecule has 20 heavy (non-hydrogen) atoms. The number of aromatic nitrogens is 4. The fourth-order valence-corrected chi connectivity index (χ4v) is 1.93. The monoisotopic (exact) mass is 275 g/mol. The summed E-state index contributed by atoms with van der Waals surface area (Å²) in [6, 6.07) is 0.326. The largest absolute Gasteiger partial charge is 0.339 e. The van der Waals surface area contributed by atoms with Crippen molar-refractivity contribution >= 4 is 0 Å². The van der Waals surface area contributed by atoms with Gasteiger partial charge in [0, 0.05) is 24.9 Å². The van der Waals surface area contributed by atoms with Gasteiger partial charge in [-0.2, -0.15) is 4.98 Å². The lowest BCUT2D eigenvalue weighted by Crippen LogP contribution is -2.35. The molecule has 0 spiro atoms. The van der Waals surface area contributed by atoms with Crippen molar-refractivity contribution in [3.05, 3.63) is 23.8 Å². The van der Waals surface area contributed by atoms with Crippen LogP contribution in [0, 0.1) is 12.8 Å². The first-order valence-electron chi connectivity index (χ1n) is 6.95. The van der Waals surface area contributed by atoms with E-state index in [0.29, 0.717) is 35.9 Å². The SMILES string of the molecule is CCNC(Cc1nc(-c2ncc(C)cn2)no1)C(C)C. The third-order valence-corrected chi connectivity index (χ3v) is 3.11. The van der Waals surface area contributed by atoms with Crippen LogP contribution in [0.1, 0.15) is 32.2 Å². The van der Waals surface area contributed by atoms with Crippen molar-refractivity contribution in [2.75, 3.05) is 6.54 Å². The highest BCUT2D eigenvalue weighted by atomic mass is 16.5. The summed E-state index contributed by atoms with van der Waals surface area (Å²) in [5.41, 5.74) is 1.00. The minimum absolute atomic E-state index is 0.326. The Morgan fingerprint density at radius 1 is 1.20 bits per heavy atom. The van der Waals surface area contributed by atoms with Crippen LogP contribution in [-0.4, -0.2) is 32.7 Å². The van der Waals surface area contributed by atoms with Crippen molar-refractivity contribution in [1.29, 1.82) is 0 Å². The standard InChI is InChI=1S/C14H21N5O/c1-5-15-11(9(2)3)6-12-18-14(19-20-12)13-16-7-10(4)8-17-13/h7-9,11,15H,5-6H2,1-4H3. The van der Waals surface area contributed by atoms with E-state index in [1.807, 2.05) is 6.92 Å². The third-order valence-electron chi connectivity index (χ3n) is 3.11. The maximum atomic E-state index is 5.30. The van der Waals surface area contributed by atoms with Gasteiger partial charge in [0.15, 0.2) is 0 Å². The summed E-state index contributed by atoms with van der Waals surface area (Å²) in [5, 5.41) is 7.38. The Balaban J connectivity index is 2.10. The van der Waals surface area contributed by atoms with E-state index in [1.54, 1.807) is 12.4 Å². The molecule has 0 aliphatic rings. The lowest BCUT2D eigenvalue weighted by Gasteiger charge is -2.19. The highest BCUT2D eigenvalue weighted by Crippen LogP contribution is 2.13. The van der Waals surface area contributed by atoms with Crippen molar-refractivity contribution in [3.8, 4) is 11.6 Å². The van der Waals surface area contributed by atoms with Crippen LogP contribution in [0.2, 0.25) is 0 Å². The zero-order valence-electron chi connectivity index (χ0n) is 12.4. The molecule has 0 saturated carbocycles. The van der Waals surface area contributed by atoms with Crippen LogP contribution < -0.4 is 5.32 Å². The smallest absolute Gasteiger partial charge is 0.240 e. The Kier molecular flexibility index (Phi) is 4.79. The van der Waals surface area contributed by atoms with Gasteiger partial charge in [-0.25, -0.2) is 9.97 Å². The Bertz CT molecular complexity index is 535. The van der Waals surface area contributed by atoms with Crippen LogP contribution in [0.15, 0.2) is 16.9 Å². The molecule has 0 radical (unpaired) electrons. The van der Waals surface area contributed by atoms with Crippen molar-refractivity contribution in [3.63, 3.8) is 0 Å². The minimum atomic E-state index is 0.326. The molecule has 0 bridgehead atoms. The highest BCUT2D eigenvalue weighted by molar-refractivity contribution is 5.40. The number of rotatable bonds is 6. The van der Waals surface area contributed by atoms with Crippen molar-refractivity contribution in [2.24, 2.45) is 5.92 Å². The molecule has 1 unspecified atom stereocenters. The molecular formula is C14H21N5O. The van der Waals surface area contributed by atoms with Gasteiger partial charge in [0.05, 0.1) is 0 Å². The first kappa shape index (κ1) is 14.6. The molecule has 1 N–H and O–H groups in total. The Hall–Kier alpha value is -1.82. The number of aryl methyl sites for hydroxylation is 1. The summed E-state index contributed by atoms with van der Waals surface area (Å²) >= 11 is 0. The average Bonchev–Trinajstić information content (AvgIpc) is 2.87. The summed E-state index contributed by atoms with van der Waals surface area (Å²) in [6.45, 7) is 9.30. The van der Waals surface area contributed by atoms with E-state index in [4.69, 9.17) is 4.52 Å². The lowest BCUT2D eigenvalue weighted by molar-refractivity contribution is 0.329. The highest BCUT2D eigenvalue weighted by Gasteiger charge is 2.18. The van der Waals surface area contributed by atoms with Gasteiger partial charge in [-0.1, -0.05) is 25.9 Å². The van der Waals surface area contributed by atoms with Crippen molar-refractivity contribution < 1.29 is 4.52 Å². The van der Waals surface area contributed by atoms with E-state index in [-0.39, 0.29) is 0 Å². The minimum Gasteiger partial charge on any atom is -0.339 e. The van der Waals surface area contributed by atoms with Crippen LogP contribution in [0.4, 0.5) is 0 Å². The molecule has 108 valence electrons. The molecule has 0 aliphatic carbocycles. The fourth-order valence-electron chi connectivity index (χ4n) is 1.93. The fraction of sp³-hybridized carbons (Fsp3) is 0.571. The summed E-state index contributed by atoms with van der Waals surface area (Å²) < 4.78 is 5.30. The molecule has 0 aromatic carbocycles. The van der Waals surface area contributed by atoms with Gasteiger partial charge >= 0.3 is 0 Å². The molecule has 2 rings (SSSR count). The molecule has 0 fully saturated rings. The Morgan fingerprint density at radius 3 is 2.50 bits per heavy atom. The third kappa shape index (κ3) is 3.60. The van der Waals surface area contributed by atoms with E-state index in [9.17, 15) is 0 Å². The van der Waals surface area contributed by atoms with Crippen molar-refractivity contribution in [2.45, 2.75) is 40.2 Å². The molecular weight excluding hydrogens is 254 g/mol. The maximum Gasteiger partial charge on any atom is 0.240 e. The van der Waals surface area contributed by atoms with Gasteiger partial charge < -0.3 is 9.84 Å². The van der Waals surface area contributed by atoms with Gasteiger partial charge in [-0.15, -0.1) is 0 Å². The number of hydrogen-bond donors (Lipinski definition) is 1.